The molecule has 0 radical (unpaired) electrons. The summed E-state index contributed by atoms with van der Waals surface area (Å²) in [7, 11) is 0. The van der Waals surface area contributed by atoms with Gasteiger partial charge in [0.1, 0.15) is 5.57 Å². The van der Waals surface area contributed by atoms with Crippen molar-refractivity contribution in [1.29, 1.82) is 0 Å². The van der Waals surface area contributed by atoms with Gasteiger partial charge in [-0.3, -0.25) is 0 Å². The van der Waals surface area contributed by atoms with E-state index in [0.717, 1.165) is 0 Å². The third kappa shape index (κ3) is 4.69. The molecule has 0 amide bonds. The zero-order valence-corrected chi connectivity index (χ0v) is 7.32. The summed E-state index contributed by atoms with van der Waals surface area (Å²) in [5, 5.41) is 0. The number of hydrogen-bond donors (Lipinski definition) is 0. The first-order chi connectivity index (χ1) is 2.56. The summed E-state index contributed by atoms with van der Waals surface area (Å²) in [5.74, 6) is 0. The summed E-state index contributed by atoms with van der Waals surface area (Å²) in [4.78, 5) is 0. The maximum atomic E-state index is 3.69. The van der Waals surface area contributed by atoms with Crippen molar-refractivity contribution >= 4 is 27.4 Å². The van der Waals surface area contributed by atoms with Gasteiger partial charge in [0.25, 0.3) is 0 Å². The van der Waals surface area contributed by atoms with Crippen LogP contribution in [0.5, 0.6) is 0 Å². The van der Waals surface area contributed by atoms with E-state index in [1.165, 1.54) is 0 Å². The van der Waals surface area contributed by atoms with Crippen LogP contribution in [0.1, 0.15) is 0 Å². The Morgan fingerprint density at radius 1 is 1.67 bits per heavy atom. The van der Waals surface area contributed by atoms with Gasteiger partial charge in [0.05, 0.1) is 0 Å². The third-order valence-electron chi connectivity index (χ3n) is 0.485. The molecule has 0 rings (SSSR count). The van der Waals surface area contributed by atoms with Gasteiger partial charge in [-0.2, -0.15) is 0 Å². The Balaban J connectivity index is 3.45. The van der Waals surface area contributed by atoms with Gasteiger partial charge >= 0.3 is 0 Å². The quantitative estimate of drug-likeness (QED) is 0.355. The van der Waals surface area contributed by atoms with Crippen molar-refractivity contribution in [3.05, 3.63) is 12.3 Å². The van der Waals surface area contributed by atoms with Gasteiger partial charge in [-0.25, -0.2) is 0 Å². The number of hydrogen-bond acceptors (Lipinski definition) is 0. The molecule has 0 spiro atoms. The largest absolute Gasteiger partial charge is 0.142 e. The van der Waals surface area contributed by atoms with Crippen molar-refractivity contribution in [3.8, 4) is 0 Å². The van der Waals surface area contributed by atoms with Crippen molar-refractivity contribution in [2.75, 3.05) is 0 Å². The predicted molar refractivity (Wildman–Crippen MR) is 41.7 cm³/mol. The molecule has 0 aliphatic rings. The fourth-order valence-corrected chi connectivity index (χ4v) is 0. The second kappa shape index (κ2) is 2.11. The van der Waals surface area contributed by atoms with Gasteiger partial charge in [-0.1, -0.05) is 18.8 Å². The van der Waals surface area contributed by atoms with Crippen LogP contribution in [0.4, 0.5) is 0 Å². The fraction of sp³-hybridized carbons (Fsp3) is 0.500. The fourth-order valence-electron chi connectivity index (χ4n) is 0. The summed E-state index contributed by atoms with van der Waals surface area (Å²) < 4.78 is 0. The lowest BCUT2D eigenvalue weighted by atomic mass is 11.3. The SMILES string of the molecule is C=C[Si](C)(C)I. The Bertz CT molecular complexity index is 53.1. The third-order valence-corrected chi connectivity index (χ3v) is 2.78. The van der Waals surface area contributed by atoms with E-state index in [2.05, 4.69) is 47.2 Å². The van der Waals surface area contributed by atoms with E-state index in [-0.39, 0.29) is 0 Å². The zero-order valence-electron chi connectivity index (χ0n) is 4.16. The van der Waals surface area contributed by atoms with E-state index >= 15 is 0 Å². The van der Waals surface area contributed by atoms with Gasteiger partial charge in [0.2, 0.25) is 0 Å². The average molecular weight is 212 g/mol. The molecule has 36 valence electrons. The van der Waals surface area contributed by atoms with E-state index in [9.17, 15) is 0 Å². The smallest absolute Gasteiger partial charge is 0.114 e. The van der Waals surface area contributed by atoms with E-state index in [4.69, 9.17) is 0 Å². The van der Waals surface area contributed by atoms with Gasteiger partial charge < -0.3 is 0 Å². The first kappa shape index (κ1) is 6.69. The van der Waals surface area contributed by atoms with Crippen LogP contribution < -0.4 is 0 Å². The Morgan fingerprint density at radius 3 is 1.83 bits per heavy atom. The van der Waals surface area contributed by atoms with Gasteiger partial charge in [0, 0.05) is 0 Å². The normalized spacial score (nSPS) is 11.2. The molecular formula is C4H9ISi. The van der Waals surface area contributed by atoms with E-state index in [1.54, 1.807) is 0 Å². The zero-order chi connectivity index (χ0) is 5.21. The van der Waals surface area contributed by atoms with Crippen molar-refractivity contribution in [2.45, 2.75) is 13.1 Å². The summed E-state index contributed by atoms with van der Waals surface area (Å²) in [5.41, 5.74) is 1.17. The first-order valence-corrected chi connectivity index (χ1v) is 8.08. The summed E-state index contributed by atoms with van der Waals surface area (Å²) in [6, 6.07) is 0. The van der Waals surface area contributed by atoms with Gasteiger partial charge in [-0.15, -0.1) is 28.4 Å². The second-order valence-electron chi connectivity index (χ2n) is 1.77. The maximum absolute atomic E-state index is 3.69. The lowest BCUT2D eigenvalue weighted by molar-refractivity contribution is 1.99. The Labute approximate surface area is 52.9 Å². The van der Waals surface area contributed by atoms with Crippen molar-refractivity contribution in [1.82, 2.24) is 0 Å². The lowest BCUT2D eigenvalue weighted by Crippen LogP contribution is -2.08. The number of rotatable bonds is 1. The molecule has 0 atom stereocenters. The molecule has 0 bridgehead atoms. The molecule has 0 heterocycles. The minimum atomic E-state index is -0.897. The Hall–Kier alpha value is 0.687. The molecule has 0 N–H and O–H groups in total. The highest BCUT2D eigenvalue weighted by Gasteiger charge is 2.07. The molecule has 0 aromatic heterocycles. The van der Waals surface area contributed by atoms with E-state index in [1.807, 2.05) is 0 Å². The lowest BCUT2D eigenvalue weighted by Gasteiger charge is -2.01. The molecule has 0 aromatic rings. The van der Waals surface area contributed by atoms with Crippen LogP contribution in [-0.4, -0.2) is 5.57 Å². The van der Waals surface area contributed by atoms with Crippen LogP contribution in [-0.2, 0) is 0 Å². The molecular weight excluding hydrogens is 203 g/mol. The van der Waals surface area contributed by atoms with Crippen LogP contribution in [0.3, 0.4) is 0 Å². The summed E-state index contributed by atoms with van der Waals surface area (Å²) in [6.45, 7) is 8.19. The molecule has 0 fully saturated rings. The predicted octanol–water partition coefficient (Wildman–Crippen LogP) is 2.35. The molecule has 0 unspecified atom stereocenters. The van der Waals surface area contributed by atoms with Crippen LogP contribution in [0, 0.1) is 0 Å². The van der Waals surface area contributed by atoms with Crippen LogP contribution >= 0.6 is 21.8 Å². The monoisotopic (exact) mass is 212 g/mol. The second-order valence-corrected chi connectivity index (χ2v) is 13.6. The minimum Gasteiger partial charge on any atom is -0.114 e. The van der Waals surface area contributed by atoms with Crippen LogP contribution in [0.25, 0.3) is 0 Å². The Morgan fingerprint density at radius 2 is 1.83 bits per heavy atom. The topological polar surface area (TPSA) is 0 Å². The molecule has 0 aliphatic carbocycles. The van der Waals surface area contributed by atoms with E-state index < -0.39 is 5.57 Å². The van der Waals surface area contributed by atoms with Crippen molar-refractivity contribution in [2.24, 2.45) is 0 Å². The van der Waals surface area contributed by atoms with Gasteiger partial charge in [-0.05, 0) is 0 Å². The molecule has 0 saturated heterocycles. The highest BCUT2D eigenvalue weighted by Crippen LogP contribution is 2.10. The molecule has 0 aliphatic heterocycles. The molecule has 0 nitrogen and oxygen atoms in total. The standard InChI is InChI=1S/C4H9ISi/c1-4-6(2,3)5/h4H,1H2,2-3H3. The summed E-state index contributed by atoms with van der Waals surface area (Å²) >= 11 is 2.46. The van der Waals surface area contributed by atoms with Crippen LogP contribution in [0.2, 0.25) is 13.1 Å². The van der Waals surface area contributed by atoms with Gasteiger partial charge in [0.15, 0.2) is 0 Å². The molecule has 2 heteroatoms. The summed E-state index contributed by atoms with van der Waals surface area (Å²) in [6.07, 6.45) is 0. The minimum absolute atomic E-state index is 0.897. The molecule has 0 saturated carbocycles. The first-order valence-electron chi connectivity index (χ1n) is 1.89. The highest BCUT2D eigenvalue weighted by atomic mass is 127. The highest BCUT2D eigenvalue weighted by molar-refractivity contribution is 14.1. The molecule has 6 heavy (non-hydrogen) atoms. The maximum Gasteiger partial charge on any atom is 0.142 e. The van der Waals surface area contributed by atoms with Crippen molar-refractivity contribution < 1.29 is 0 Å². The Kier molecular flexibility index (Phi) is 2.36. The van der Waals surface area contributed by atoms with Crippen molar-refractivity contribution in [3.63, 3.8) is 0 Å². The molecule has 0 aromatic carbocycles. The average Bonchev–Trinajstić information content (AvgIpc) is 1.35. The van der Waals surface area contributed by atoms with E-state index in [0.29, 0.717) is 0 Å². The number of halogens is 1. The van der Waals surface area contributed by atoms with Crippen LogP contribution in [0.15, 0.2) is 12.3 Å².